The molecular formula is C13H11ClFN3. The molecule has 0 bridgehead atoms. The van der Waals surface area contributed by atoms with Crippen molar-refractivity contribution in [3.8, 4) is 11.4 Å². The highest BCUT2D eigenvalue weighted by molar-refractivity contribution is 6.33. The Morgan fingerprint density at radius 3 is 2.78 bits per heavy atom. The monoisotopic (exact) mass is 263 g/mol. The van der Waals surface area contributed by atoms with Crippen molar-refractivity contribution in [2.45, 2.75) is 18.8 Å². The Kier molecular flexibility index (Phi) is 2.67. The van der Waals surface area contributed by atoms with Crippen LogP contribution in [0.5, 0.6) is 0 Å². The first kappa shape index (κ1) is 11.4. The van der Waals surface area contributed by atoms with E-state index in [4.69, 9.17) is 17.3 Å². The van der Waals surface area contributed by atoms with Gasteiger partial charge in [-0.25, -0.2) is 14.4 Å². The van der Waals surface area contributed by atoms with Gasteiger partial charge in [-0.1, -0.05) is 11.6 Å². The van der Waals surface area contributed by atoms with Crippen LogP contribution in [0, 0.1) is 5.82 Å². The minimum atomic E-state index is -0.374. The molecule has 0 amide bonds. The molecule has 0 radical (unpaired) electrons. The van der Waals surface area contributed by atoms with Crippen molar-refractivity contribution in [2.24, 2.45) is 0 Å². The number of nitrogens with zero attached hydrogens (tertiary/aromatic N) is 2. The van der Waals surface area contributed by atoms with E-state index in [1.54, 1.807) is 12.3 Å². The summed E-state index contributed by atoms with van der Waals surface area (Å²) in [6.07, 6.45) is 3.81. The average molecular weight is 264 g/mol. The number of halogens is 2. The maximum Gasteiger partial charge on any atom is 0.161 e. The SMILES string of the molecule is Nc1cnc(-c2ccc(F)cc2Cl)nc1C1CC1. The van der Waals surface area contributed by atoms with Gasteiger partial charge < -0.3 is 5.73 Å². The van der Waals surface area contributed by atoms with Gasteiger partial charge in [0.1, 0.15) is 5.82 Å². The molecule has 3 rings (SSSR count). The first-order valence-electron chi connectivity index (χ1n) is 5.73. The summed E-state index contributed by atoms with van der Waals surface area (Å²) in [5, 5.41) is 0.307. The normalized spacial score (nSPS) is 14.8. The third kappa shape index (κ3) is 2.04. The fraction of sp³-hybridized carbons (Fsp3) is 0.231. The summed E-state index contributed by atoms with van der Waals surface area (Å²) in [7, 11) is 0. The van der Waals surface area contributed by atoms with Crippen LogP contribution in [0.25, 0.3) is 11.4 Å². The minimum Gasteiger partial charge on any atom is -0.396 e. The van der Waals surface area contributed by atoms with Crippen LogP contribution in [-0.2, 0) is 0 Å². The number of benzene rings is 1. The van der Waals surface area contributed by atoms with Crippen LogP contribution < -0.4 is 5.73 Å². The van der Waals surface area contributed by atoms with Crippen molar-refractivity contribution in [1.29, 1.82) is 0 Å². The van der Waals surface area contributed by atoms with Crippen molar-refractivity contribution in [3.63, 3.8) is 0 Å². The molecule has 0 aliphatic heterocycles. The molecule has 1 heterocycles. The average Bonchev–Trinajstić information content (AvgIpc) is 3.14. The third-order valence-electron chi connectivity index (χ3n) is 2.98. The molecule has 1 fully saturated rings. The summed E-state index contributed by atoms with van der Waals surface area (Å²) in [4.78, 5) is 8.62. The lowest BCUT2D eigenvalue weighted by molar-refractivity contribution is 0.628. The number of nitrogen functional groups attached to an aromatic ring is 1. The van der Waals surface area contributed by atoms with E-state index in [0.29, 0.717) is 28.0 Å². The van der Waals surface area contributed by atoms with E-state index in [1.165, 1.54) is 12.1 Å². The molecule has 5 heteroatoms. The molecule has 2 N–H and O–H groups in total. The summed E-state index contributed by atoms with van der Waals surface area (Å²) in [5.74, 6) is 0.559. The molecule has 1 aromatic heterocycles. The predicted octanol–water partition coefficient (Wildman–Crippen LogP) is 3.40. The molecule has 1 aromatic carbocycles. The van der Waals surface area contributed by atoms with Gasteiger partial charge in [0.25, 0.3) is 0 Å². The zero-order valence-electron chi connectivity index (χ0n) is 9.53. The van der Waals surface area contributed by atoms with Crippen molar-refractivity contribution in [2.75, 3.05) is 5.73 Å². The van der Waals surface area contributed by atoms with E-state index in [1.807, 2.05) is 0 Å². The van der Waals surface area contributed by atoms with Gasteiger partial charge >= 0.3 is 0 Å². The van der Waals surface area contributed by atoms with Crippen molar-refractivity contribution in [1.82, 2.24) is 9.97 Å². The smallest absolute Gasteiger partial charge is 0.161 e. The molecule has 1 aliphatic rings. The zero-order valence-corrected chi connectivity index (χ0v) is 10.3. The standard InChI is InChI=1S/C13H11ClFN3/c14-10-5-8(15)3-4-9(10)13-17-6-11(16)12(18-13)7-1-2-7/h3-7H,1-2,16H2. The van der Waals surface area contributed by atoms with Gasteiger partial charge in [0.2, 0.25) is 0 Å². The Bertz CT molecular complexity index is 611. The molecule has 0 atom stereocenters. The molecule has 1 saturated carbocycles. The number of hydrogen-bond acceptors (Lipinski definition) is 3. The number of aromatic nitrogens is 2. The Balaban J connectivity index is 2.08. The summed E-state index contributed by atoms with van der Waals surface area (Å²) in [6.45, 7) is 0. The third-order valence-corrected chi connectivity index (χ3v) is 3.30. The number of hydrogen-bond donors (Lipinski definition) is 1. The highest BCUT2D eigenvalue weighted by Gasteiger charge is 2.28. The van der Waals surface area contributed by atoms with Crippen LogP contribution in [-0.4, -0.2) is 9.97 Å². The fourth-order valence-corrected chi connectivity index (χ4v) is 2.14. The summed E-state index contributed by atoms with van der Waals surface area (Å²) >= 11 is 6.00. The van der Waals surface area contributed by atoms with Gasteiger partial charge in [0.15, 0.2) is 5.82 Å². The largest absolute Gasteiger partial charge is 0.396 e. The second-order valence-electron chi connectivity index (χ2n) is 4.43. The Morgan fingerprint density at radius 1 is 1.33 bits per heavy atom. The quantitative estimate of drug-likeness (QED) is 0.903. The summed E-state index contributed by atoms with van der Waals surface area (Å²) in [6, 6.07) is 4.19. The lowest BCUT2D eigenvalue weighted by Crippen LogP contribution is -2.00. The second kappa shape index (κ2) is 4.21. The lowest BCUT2D eigenvalue weighted by Gasteiger charge is -2.07. The van der Waals surface area contributed by atoms with Crippen LogP contribution in [0.4, 0.5) is 10.1 Å². The summed E-state index contributed by atoms with van der Waals surface area (Å²) in [5.41, 5.74) is 7.96. The molecular weight excluding hydrogens is 253 g/mol. The molecule has 0 saturated heterocycles. The fourth-order valence-electron chi connectivity index (χ4n) is 1.89. The molecule has 1 aliphatic carbocycles. The van der Waals surface area contributed by atoms with Gasteiger partial charge in [-0.3, -0.25) is 0 Å². The van der Waals surface area contributed by atoms with E-state index >= 15 is 0 Å². The molecule has 3 nitrogen and oxygen atoms in total. The van der Waals surface area contributed by atoms with Gasteiger partial charge in [-0.05, 0) is 31.0 Å². The molecule has 2 aromatic rings. The van der Waals surface area contributed by atoms with Crippen LogP contribution in [0.2, 0.25) is 5.02 Å². The van der Waals surface area contributed by atoms with E-state index in [2.05, 4.69) is 9.97 Å². The van der Waals surface area contributed by atoms with E-state index in [-0.39, 0.29) is 5.82 Å². The zero-order chi connectivity index (χ0) is 12.7. The van der Waals surface area contributed by atoms with E-state index < -0.39 is 0 Å². The number of rotatable bonds is 2. The van der Waals surface area contributed by atoms with Gasteiger partial charge in [0.05, 0.1) is 22.6 Å². The minimum absolute atomic E-state index is 0.307. The van der Waals surface area contributed by atoms with Crippen molar-refractivity contribution in [3.05, 3.63) is 40.9 Å². The van der Waals surface area contributed by atoms with Gasteiger partial charge in [-0.2, -0.15) is 0 Å². The van der Waals surface area contributed by atoms with Crippen molar-refractivity contribution < 1.29 is 4.39 Å². The maximum atomic E-state index is 13.0. The number of nitrogens with two attached hydrogens (primary N) is 1. The maximum absolute atomic E-state index is 13.0. The Labute approximate surface area is 109 Å². The Morgan fingerprint density at radius 2 is 2.11 bits per heavy atom. The first-order valence-corrected chi connectivity index (χ1v) is 6.11. The van der Waals surface area contributed by atoms with Gasteiger partial charge in [0, 0.05) is 11.5 Å². The van der Waals surface area contributed by atoms with Crippen molar-refractivity contribution >= 4 is 17.3 Å². The molecule has 92 valence electrons. The van der Waals surface area contributed by atoms with Gasteiger partial charge in [-0.15, -0.1) is 0 Å². The highest BCUT2D eigenvalue weighted by atomic mass is 35.5. The lowest BCUT2D eigenvalue weighted by atomic mass is 10.2. The highest BCUT2D eigenvalue weighted by Crippen LogP contribution is 2.42. The second-order valence-corrected chi connectivity index (χ2v) is 4.84. The van der Waals surface area contributed by atoms with Crippen LogP contribution in [0.3, 0.4) is 0 Å². The molecule has 0 spiro atoms. The summed E-state index contributed by atoms with van der Waals surface area (Å²) < 4.78 is 13.0. The Hall–Kier alpha value is -1.68. The topological polar surface area (TPSA) is 51.8 Å². The van der Waals surface area contributed by atoms with Crippen LogP contribution in [0.1, 0.15) is 24.5 Å². The van der Waals surface area contributed by atoms with E-state index in [9.17, 15) is 4.39 Å². The van der Waals surface area contributed by atoms with E-state index in [0.717, 1.165) is 18.5 Å². The van der Waals surface area contributed by atoms with Crippen LogP contribution >= 0.6 is 11.6 Å². The number of anilines is 1. The van der Waals surface area contributed by atoms with Crippen LogP contribution in [0.15, 0.2) is 24.4 Å². The predicted molar refractivity (Wildman–Crippen MR) is 68.8 cm³/mol. The molecule has 0 unspecified atom stereocenters. The first-order chi connectivity index (χ1) is 8.65. The molecule has 18 heavy (non-hydrogen) atoms.